The molecule has 9 atom stereocenters. The lowest BCUT2D eigenvalue weighted by Crippen LogP contribution is -2.63. The molecule has 31 heavy (non-hydrogen) atoms. The van der Waals surface area contributed by atoms with Crippen molar-refractivity contribution in [3.05, 3.63) is 23.8 Å². The molecule has 1 heterocycles. The van der Waals surface area contributed by atoms with Gasteiger partial charge in [-0.25, -0.2) is 0 Å². The van der Waals surface area contributed by atoms with E-state index in [0.29, 0.717) is 19.3 Å². The Hall–Kier alpha value is -1.34. The van der Waals surface area contributed by atoms with E-state index < -0.39 is 36.1 Å². The molecule has 4 aliphatic carbocycles. The number of hydrogen-bond donors (Lipinski definition) is 2. The molecule has 0 aromatic heterocycles. The largest absolute Gasteiger partial charge is 0.393 e. The molecule has 3 saturated carbocycles. The number of aliphatic hydroxyl groups excluding tert-OH is 2. The number of ether oxygens (including phenoxy) is 2. The molecule has 6 heteroatoms. The smallest absolute Gasteiger partial charge is 0.193 e. The minimum atomic E-state index is -1.20. The van der Waals surface area contributed by atoms with Crippen LogP contribution in [0.1, 0.15) is 59.3 Å². The lowest BCUT2D eigenvalue weighted by atomic mass is 9.46. The molecule has 0 aromatic carbocycles. The molecule has 0 amide bonds. The maximum Gasteiger partial charge on any atom is 0.193 e. The Kier molecular flexibility index (Phi) is 4.91. The SMILES string of the molecule is CCCC1O[C@@H]2C[C@H]3C4CCC5=CC(=O)C=CC5(C)[C@H]4[C@@H](O)CC3(C)C2(C(=O)CO)O1. The summed E-state index contributed by atoms with van der Waals surface area (Å²) < 4.78 is 12.7. The molecule has 4 fully saturated rings. The second-order valence-corrected chi connectivity index (χ2v) is 10.7. The minimum Gasteiger partial charge on any atom is -0.393 e. The van der Waals surface area contributed by atoms with Gasteiger partial charge in [-0.15, -0.1) is 0 Å². The Labute approximate surface area is 183 Å². The van der Waals surface area contributed by atoms with Crippen LogP contribution >= 0.6 is 0 Å². The van der Waals surface area contributed by atoms with Crippen LogP contribution in [0.3, 0.4) is 0 Å². The highest BCUT2D eigenvalue weighted by molar-refractivity contribution is 6.01. The van der Waals surface area contributed by atoms with Crippen LogP contribution in [0.15, 0.2) is 23.8 Å². The van der Waals surface area contributed by atoms with Crippen molar-refractivity contribution in [2.45, 2.75) is 83.4 Å². The van der Waals surface area contributed by atoms with Crippen molar-refractivity contribution in [1.29, 1.82) is 0 Å². The van der Waals surface area contributed by atoms with Crippen LogP contribution in [0.2, 0.25) is 0 Å². The average Bonchev–Trinajstić information content (AvgIpc) is 3.20. The molecular weight excluding hydrogens is 396 g/mol. The third-order valence-electron chi connectivity index (χ3n) is 9.37. The van der Waals surface area contributed by atoms with Crippen LogP contribution in [-0.2, 0) is 19.1 Å². The second-order valence-electron chi connectivity index (χ2n) is 10.7. The fraction of sp³-hybridized carbons (Fsp3) is 0.760. The van der Waals surface area contributed by atoms with Crippen molar-refractivity contribution in [1.82, 2.24) is 0 Å². The van der Waals surface area contributed by atoms with Gasteiger partial charge < -0.3 is 19.7 Å². The first-order chi connectivity index (χ1) is 14.7. The molecule has 0 bridgehead atoms. The second kappa shape index (κ2) is 7.08. The number of fused-ring (bicyclic) bond motifs is 7. The van der Waals surface area contributed by atoms with Gasteiger partial charge in [0.05, 0.1) is 12.2 Å². The predicted molar refractivity (Wildman–Crippen MR) is 113 cm³/mol. The predicted octanol–water partition coefficient (Wildman–Crippen LogP) is 2.72. The zero-order valence-electron chi connectivity index (χ0n) is 18.7. The van der Waals surface area contributed by atoms with Gasteiger partial charge in [0.2, 0.25) is 0 Å². The van der Waals surface area contributed by atoms with Crippen molar-refractivity contribution < 1.29 is 29.3 Å². The zero-order valence-corrected chi connectivity index (χ0v) is 18.7. The van der Waals surface area contributed by atoms with E-state index in [1.54, 1.807) is 12.2 Å². The molecule has 2 N–H and O–H groups in total. The van der Waals surface area contributed by atoms with Gasteiger partial charge in [0.25, 0.3) is 0 Å². The Balaban J connectivity index is 1.55. The van der Waals surface area contributed by atoms with Crippen molar-refractivity contribution in [2.75, 3.05) is 6.61 Å². The summed E-state index contributed by atoms with van der Waals surface area (Å²) in [6.45, 7) is 5.67. The monoisotopic (exact) mass is 430 g/mol. The molecule has 1 aliphatic heterocycles. The van der Waals surface area contributed by atoms with E-state index in [0.717, 1.165) is 24.8 Å². The number of carbonyl (C=O) groups excluding carboxylic acids is 2. The quantitative estimate of drug-likeness (QED) is 0.712. The summed E-state index contributed by atoms with van der Waals surface area (Å²) in [5.74, 6) is 0.0274. The minimum absolute atomic E-state index is 0.0125. The number of allylic oxidation sites excluding steroid dienone is 4. The molecule has 170 valence electrons. The highest BCUT2D eigenvalue weighted by Gasteiger charge is 2.75. The van der Waals surface area contributed by atoms with Gasteiger partial charge in [-0.3, -0.25) is 9.59 Å². The summed E-state index contributed by atoms with van der Waals surface area (Å²) in [6, 6.07) is 0. The summed E-state index contributed by atoms with van der Waals surface area (Å²) >= 11 is 0. The molecule has 1 saturated heterocycles. The number of aliphatic hydroxyl groups is 2. The summed E-state index contributed by atoms with van der Waals surface area (Å²) in [6.07, 6.45) is 8.31. The maximum atomic E-state index is 13.2. The molecule has 5 aliphatic rings. The van der Waals surface area contributed by atoms with E-state index >= 15 is 0 Å². The highest BCUT2D eigenvalue weighted by Crippen LogP contribution is 2.69. The van der Waals surface area contributed by atoms with E-state index in [1.807, 2.05) is 6.08 Å². The number of ketones is 2. The molecule has 0 radical (unpaired) electrons. The highest BCUT2D eigenvalue weighted by atomic mass is 16.7. The standard InChI is InChI=1S/C25H34O6/c1-4-5-21-30-20-11-17-16-7-6-14-10-15(27)8-9-23(14,2)22(16)18(28)12-24(17,3)25(20,31-21)19(29)13-26/h8-10,16-18,20-22,26,28H,4-7,11-13H2,1-3H3/t16?,17-,18-,20+,21?,22+,23?,24?,25?/m0/s1. The van der Waals surface area contributed by atoms with E-state index in [2.05, 4.69) is 20.8 Å². The maximum absolute atomic E-state index is 13.2. The number of Topliss-reactive ketones (excluding diaryl/α,β-unsaturated/α-hetero) is 1. The van der Waals surface area contributed by atoms with Crippen molar-refractivity contribution in [3.63, 3.8) is 0 Å². The van der Waals surface area contributed by atoms with E-state index in [4.69, 9.17) is 9.47 Å². The Morgan fingerprint density at radius 2 is 2.10 bits per heavy atom. The normalized spacial score (nSPS) is 50.4. The molecule has 5 rings (SSSR count). The summed E-state index contributed by atoms with van der Waals surface area (Å²) in [7, 11) is 0. The third kappa shape index (κ3) is 2.65. The molecule has 6 nitrogen and oxygen atoms in total. The number of rotatable bonds is 4. The lowest BCUT2D eigenvalue weighted by molar-refractivity contribution is -0.200. The number of carbonyl (C=O) groups is 2. The van der Waals surface area contributed by atoms with Crippen LogP contribution in [0.5, 0.6) is 0 Å². The van der Waals surface area contributed by atoms with Gasteiger partial charge in [0.15, 0.2) is 23.5 Å². The van der Waals surface area contributed by atoms with Crippen LogP contribution < -0.4 is 0 Å². The van der Waals surface area contributed by atoms with Crippen LogP contribution in [-0.4, -0.2) is 52.5 Å². The molecule has 0 spiro atoms. The summed E-state index contributed by atoms with van der Waals surface area (Å²) in [5.41, 5.74) is -1.05. The van der Waals surface area contributed by atoms with Gasteiger partial charge in [-0.05, 0) is 56.1 Å². The van der Waals surface area contributed by atoms with E-state index in [1.165, 1.54) is 0 Å². The Morgan fingerprint density at radius 1 is 1.32 bits per heavy atom. The topological polar surface area (TPSA) is 93.1 Å². The van der Waals surface area contributed by atoms with Crippen molar-refractivity contribution in [3.8, 4) is 0 Å². The molecular formula is C25H34O6. The van der Waals surface area contributed by atoms with Crippen LogP contribution in [0.4, 0.5) is 0 Å². The molecule has 5 unspecified atom stereocenters. The Bertz CT molecular complexity index is 862. The van der Waals surface area contributed by atoms with Crippen LogP contribution in [0.25, 0.3) is 0 Å². The van der Waals surface area contributed by atoms with Crippen molar-refractivity contribution in [2.24, 2.45) is 28.6 Å². The van der Waals surface area contributed by atoms with Gasteiger partial charge in [0.1, 0.15) is 6.61 Å². The fourth-order valence-corrected chi connectivity index (χ4v) is 8.12. The first kappa shape index (κ1) is 21.5. The van der Waals surface area contributed by atoms with E-state index in [9.17, 15) is 19.8 Å². The molecule has 0 aromatic rings. The average molecular weight is 431 g/mol. The Morgan fingerprint density at radius 3 is 2.81 bits per heavy atom. The number of hydrogen-bond acceptors (Lipinski definition) is 6. The van der Waals surface area contributed by atoms with E-state index in [-0.39, 0.29) is 34.7 Å². The van der Waals surface area contributed by atoms with Crippen molar-refractivity contribution >= 4 is 11.6 Å². The summed E-state index contributed by atoms with van der Waals surface area (Å²) in [4.78, 5) is 25.2. The summed E-state index contributed by atoms with van der Waals surface area (Å²) in [5, 5.41) is 21.4. The third-order valence-corrected chi connectivity index (χ3v) is 9.37. The van der Waals surface area contributed by atoms with Crippen LogP contribution in [0, 0.1) is 28.6 Å². The lowest BCUT2D eigenvalue weighted by Gasteiger charge is -2.59. The fourth-order valence-electron chi connectivity index (χ4n) is 8.12. The van der Waals surface area contributed by atoms with Gasteiger partial charge >= 0.3 is 0 Å². The van der Waals surface area contributed by atoms with Gasteiger partial charge in [-0.2, -0.15) is 0 Å². The first-order valence-electron chi connectivity index (χ1n) is 11.8. The van der Waals surface area contributed by atoms with Gasteiger partial charge in [0, 0.05) is 16.7 Å². The zero-order chi connectivity index (χ0) is 22.2. The first-order valence-corrected chi connectivity index (χ1v) is 11.8. The van der Waals surface area contributed by atoms with Gasteiger partial charge in [-0.1, -0.05) is 38.8 Å².